The quantitative estimate of drug-likeness (QED) is 0.206. The number of hydrogen-bond acceptors (Lipinski definition) is 8. The molecule has 0 atom stereocenters. The molecule has 5 rings (SSSR count). The van der Waals surface area contributed by atoms with Crippen LogP contribution in [0.5, 0.6) is 5.75 Å². The van der Waals surface area contributed by atoms with Gasteiger partial charge in [0.05, 0.1) is 44.3 Å². The first-order chi connectivity index (χ1) is 18.7. The highest BCUT2D eigenvalue weighted by molar-refractivity contribution is 9.10. The minimum atomic E-state index is -0.511. The van der Waals surface area contributed by atoms with Crippen LogP contribution in [0.4, 0.5) is 4.39 Å². The first kappa shape index (κ1) is 28.3. The van der Waals surface area contributed by atoms with Crippen LogP contribution < -0.4 is 4.74 Å². The molecule has 0 bridgehead atoms. The maximum atomic E-state index is 13.8. The number of carbonyl (C=O) groups is 2. The number of fused-ring (bicyclic) bond motifs is 3. The number of rotatable bonds is 4. The summed E-state index contributed by atoms with van der Waals surface area (Å²) in [5.41, 5.74) is 5.05. The zero-order valence-corrected chi connectivity index (χ0v) is 23.9. The van der Waals surface area contributed by atoms with Crippen LogP contribution in [0.3, 0.4) is 0 Å². The van der Waals surface area contributed by atoms with Crippen molar-refractivity contribution in [1.29, 1.82) is 0 Å². The topological polar surface area (TPSA) is 108 Å². The van der Waals surface area contributed by atoms with Crippen molar-refractivity contribution in [2.45, 2.75) is 13.2 Å². The van der Waals surface area contributed by atoms with Gasteiger partial charge in [0.2, 0.25) is 0 Å². The van der Waals surface area contributed by atoms with Crippen molar-refractivity contribution in [2.24, 2.45) is 0 Å². The van der Waals surface area contributed by atoms with Crippen molar-refractivity contribution in [2.75, 3.05) is 14.2 Å². The molecule has 2 aromatic carbocycles. The first-order valence-corrected chi connectivity index (χ1v) is 13.0. The predicted molar refractivity (Wildman–Crippen MR) is 148 cm³/mol. The van der Waals surface area contributed by atoms with E-state index < -0.39 is 11.8 Å². The van der Waals surface area contributed by atoms with Gasteiger partial charge >= 0.3 is 11.9 Å². The molecule has 0 aliphatic carbocycles. The van der Waals surface area contributed by atoms with E-state index in [1.165, 1.54) is 32.4 Å². The molecule has 0 amide bonds. The maximum Gasteiger partial charge on any atom is 0.337 e. The van der Waals surface area contributed by atoms with E-state index in [2.05, 4.69) is 46.6 Å². The monoisotopic (exact) mass is 658 g/mol. The van der Waals surface area contributed by atoms with Crippen molar-refractivity contribution < 1.29 is 33.3 Å². The third kappa shape index (κ3) is 6.32. The van der Waals surface area contributed by atoms with Crippen molar-refractivity contribution in [3.8, 4) is 28.0 Å². The Bertz CT molecular complexity index is 1560. The van der Waals surface area contributed by atoms with E-state index in [0.717, 1.165) is 33.2 Å². The average Bonchev–Trinajstić information content (AvgIpc) is 2.97. The zero-order chi connectivity index (χ0) is 28.1. The van der Waals surface area contributed by atoms with Crippen LogP contribution in [-0.4, -0.2) is 41.2 Å². The van der Waals surface area contributed by atoms with E-state index >= 15 is 0 Å². The van der Waals surface area contributed by atoms with Gasteiger partial charge in [-0.3, -0.25) is 0 Å². The summed E-state index contributed by atoms with van der Waals surface area (Å²) in [5, 5.41) is 9.42. The number of ether oxygens (including phenoxy) is 3. The van der Waals surface area contributed by atoms with Gasteiger partial charge in [0.15, 0.2) is 0 Å². The number of nitrogens with zero attached hydrogens (tertiary/aromatic N) is 2. The van der Waals surface area contributed by atoms with Crippen LogP contribution in [0.2, 0.25) is 0 Å². The lowest BCUT2D eigenvalue weighted by Gasteiger charge is -2.20. The number of methoxy groups -OCH3 is 2. The van der Waals surface area contributed by atoms with Crippen LogP contribution in [-0.2, 0) is 22.7 Å². The highest BCUT2D eigenvalue weighted by Crippen LogP contribution is 2.38. The molecule has 0 saturated heterocycles. The Morgan fingerprint density at radius 3 is 2.10 bits per heavy atom. The number of halogens is 3. The van der Waals surface area contributed by atoms with E-state index in [0.29, 0.717) is 39.0 Å². The summed E-state index contributed by atoms with van der Waals surface area (Å²) < 4.78 is 30.0. The van der Waals surface area contributed by atoms with Gasteiger partial charge < -0.3 is 19.3 Å². The number of pyridine rings is 2. The normalized spacial score (nSPS) is 11.2. The summed E-state index contributed by atoms with van der Waals surface area (Å²) in [6, 6.07) is 13.5. The van der Waals surface area contributed by atoms with Gasteiger partial charge in [0.25, 0.3) is 0 Å². The molecule has 8 nitrogen and oxygen atoms in total. The molecule has 1 N–H and O–H groups in total. The first-order valence-electron chi connectivity index (χ1n) is 11.4. The van der Waals surface area contributed by atoms with Crippen LogP contribution in [0, 0.1) is 5.82 Å². The molecule has 0 fully saturated rings. The standard InChI is InChI=1S/C14H11BrFNO3.C14H10BrNO3/c1-20-14(19)8-2-3-10(9(4-8)7-18)11-5-13(15)17-6-12(11)16;1-18-14(17)8-2-3-10-9(4-8)7-19-12-6-16-13(15)5-11(10)12/h2-6,18H,7H2,1H3;2-6H,7H2,1H3. The van der Waals surface area contributed by atoms with Crippen molar-refractivity contribution >= 4 is 43.8 Å². The Morgan fingerprint density at radius 1 is 0.872 bits per heavy atom. The molecule has 0 radical (unpaired) electrons. The molecule has 0 unspecified atom stereocenters. The van der Waals surface area contributed by atoms with Crippen LogP contribution in [0.1, 0.15) is 31.8 Å². The molecule has 0 spiro atoms. The summed E-state index contributed by atoms with van der Waals surface area (Å²) >= 11 is 6.52. The number of carbonyl (C=O) groups excluding carboxylic acids is 2. The molecule has 1 aliphatic heterocycles. The number of aliphatic hydroxyl groups is 1. The average molecular weight is 660 g/mol. The second-order valence-corrected chi connectivity index (χ2v) is 9.79. The summed E-state index contributed by atoms with van der Waals surface area (Å²) in [6.45, 7) is 0.107. The molecule has 4 aromatic rings. The van der Waals surface area contributed by atoms with Crippen molar-refractivity contribution in [3.05, 3.63) is 98.2 Å². The summed E-state index contributed by atoms with van der Waals surface area (Å²) in [7, 11) is 2.64. The molecular formula is C28H21Br2FN2O6. The van der Waals surface area contributed by atoms with Gasteiger partial charge in [0, 0.05) is 11.1 Å². The number of aliphatic hydroxyl groups excluding tert-OH is 1. The van der Waals surface area contributed by atoms with Gasteiger partial charge in [-0.2, -0.15) is 0 Å². The summed E-state index contributed by atoms with van der Waals surface area (Å²) in [5.74, 6) is -0.609. The number of hydrogen-bond donors (Lipinski definition) is 1. The molecule has 11 heteroatoms. The molecule has 2 aromatic heterocycles. The highest BCUT2D eigenvalue weighted by Gasteiger charge is 2.20. The zero-order valence-electron chi connectivity index (χ0n) is 20.7. The molecule has 3 heterocycles. The van der Waals surface area contributed by atoms with Crippen LogP contribution in [0.25, 0.3) is 22.3 Å². The van der Waals surface area contributed by atoms with Gasteiger partial charge in [-0.1, -0.05) is 12.1 Å². The summed E-state index contributed by atoms with van der Waals surface area (Å²) in [6.07, 6.45) is 2.78. The third-order valence-electron chi connectivity index (χ3n) is 5.84. The lowest BCUT2D eigenvalue weighted by molar-refractivity contribution is 0.0591. The Morgan fingerprint density at radius 2 is 1.46 bits per heavy atom. The lowest BCUT2D eigenvalue weighted by atomic mass is 9.96. The molecule has 1 aliphatic rings. The Kier molecular flexibility index (Phi) is 9.05. The highest BCUT2D eigenvalue weighted by atomic mass is 79.9. The largest absolute Gasteiger partial charge is 0.487 e. The minimum absolute atomic E-state index is 0.298. The molecule has 39 heavy (non-hydrogen) atoms. The van der Waals surface area contributed by atoms with Gasteiger partial charge in [-0.05, 0) is 90.5 Å². The fourth-order valence-electron chi connectivity index (χ4n) is 3.97. The Labute approximate surface area is 240 Å². The molecule has 0 saturated carbocycles. The van der Waals surface area contributed by atoms with Gasteiger partial charge in [-0.15, -0.1) is 0 Å². The van der Waals surface area contributed by atoms with E-state index in [1.807, 2.05) is 12.1 Å². The Balaban J connectivity index is 0.000000181. The van der Waals surface area contributed by atoms with E-state index in [-0.39, 0.29) is 12.6 Å². The fourth-order valence-corrected chi connectivity index (χ4v) is 4.63. The summed E-state index contributed by atoms with van der Waals surface area (Å²) in [4.78, 5) is 30.9. The van der Waals surface area contributed by atoms with Crippen molar-refractivity contribution in [3.63, 3.8) is 0 Å². The maximum absolute atomic E-state index is 13.8. The second-order valence-electron chi connectivity index (χ2n) is 8.16. The smallest absolute Gasteiger partial charge is 0.337 e. The van der Waals surface area contributed by atoms with Crippen LogP contribution in [0.15, 0.2) is 70.1 Å². The fraction of sp³-hybridized carbons (Fsp3) is 0.143. The van der Waals surface area contributed by atoms with E-state index in [4.69, 9.17) is 9.47 Å². The number of benzene rings is 2. The van der Waals surface area contributed by atoms with Crippen molar-refractivity contribution in [1.82, 2.24) is 9.97 Å². The van der Waals surface area contributed by atoms with Gasteiger partial charge in [0.1, 0.15) is 27.4 Å². The molecule has 200 valence electrons. The van der Waals surface area contributed by atoms with Crippen LogP contribution >= 0.6 is 31.9 Å². The SMILES string of the molecule is COC(=O)c1ccc(-c2cc(Br)ncc2F)c(CO)c1.COC(=O)c1ccc2c(c1)COc1cnc(Br)cc1-2. The lowest BCUT2D eigenvalue weighted by Crippen LogP contribution is -2.09. The molecular weight excluding hydrogens is 639 g/mol. The predicted octanol–water partition coefficient (Wildman–Crippen LogP) is 6.12. The van der Waals surface area contributed by atoms with E-state index in [9.17, 15) is 19.1 Å². The third-order valence-corrected chi connectivity index (χ3v) is 6.71. The number of aromatic nitrogens is 2. The Hall–Kier alpha value is -3.67. The number of esters is 2. The minimum Gasteiger partial charge on any atom is -0.487 e. The second kappa shape index (κ2) is 12.5. The van der Waals surface area contributed by atoms with Gasteiger partial charge in [-0.25, -0.2) is 23.9 Å². The van der Waals surface area contributed by atoms with E-state index in [1.54, 1.807) is 24.4 Å².